The first-order valence-corrected chi connectivity index (χ1v) is 44.9. The molecule has 4 nitrogen and oxygen atoms in total. The molecule has 0 spiro atoms. The number of nitrogens with zero attached hydrogens (tertiary/aromatic N) is 1. The van der Waals surface area contributed by atoms with Gasteiger partial charge in [0.15, 0.2) is 0 Å². The van der Waals surface area contributed by atoms with Crippen LogP contribution in [0.4, 0.5) is 0 Å². The van der Waals surface area contributed by atoms with E-state index in [0.717, 1.165) is 231 Å². The topological polar surface area (TPSA) is 52.3 Å². The van der Waals surface area contributed by atoms with E-state index in [1.807, 2.05) is 225 Å². The first kappa shape index (κ1) is 64.8. The lowest BCUT2D eigenvalue weighted by molar-refractivity contribution is 0.668. The molecule has 4 heteroatoms. The lowest BCUT2D eigenvalue weighted by atomic mass is 9.85. The third-order valence-corrected chi connectivity index (χ3v) is 26.2. The normalized spacial score (nSPS) is 13.1. The quantitative estimate of drug-likeness (QED) is 0.114. The summed E-state index contributed by atoms with van der Waals surface area (Å²) in [6, 6.07) is 131. The fourth-order valence-electron chi connectivity index (χ4n) is 20.5. The maximum absolute atomic E-state index is 8.84. The zero-order chi connectivity index (χ0) is 102. The minimum Gasteiger partial charge on any atom is -0.456 e. The van der Waals surface area contributed by atoms with Crippen molar-refractivity contribution in [3.8, 4) is 134 Å². The standard InChI is InChI=1S/2C44H28O.C43H27NO/c1-3-13-29(14-4-1)33-21-11-23-39-43(33)44-34(22-12-24-40(44)45-39)30-25-27-32(28-26-30)42-37-19-9-7-17-35(37)41(31-15-5-2-6-16-31)36-18-8-10-20-38(36)42;1-3-13-29(14-4-1)33-27-28-40-44(38-21-11-12-22-39(38)45-40)43(33)32-25-23-31(24-26-32)42-36-19-9-7-17-34(36)41(30-15-5-2-6-16-30)35-18-8-10-20-37(35)42;1-2-11-28(12-3-1)40-33-14-4-6-16-35(33)41(36-17-7-5-15-34(36)40)29-20-22-30(23-21-29)42-32(31-13-10-26-44-27-31)24-25-39-43(42)37-18-8-9-19-38(37)45-39/h2*1-28H;1-27H/i2*2D,5D,6D,15D,16D;1D,2D,3D,11D,12D. The molecule has 0 aliphatic heterocycles. The number of benzene rings is 23. The molecule has 0 saturated heterocycles. The largest absolute Gasteiger partial charge is 0.456 e. The van der Waals surface area contributed by atoms with Gasteiger partial charge in [0.1, 0.15) is 33.5 Å². The van der Waals surface area contributed by atoms with Gasteiger partial charge in [0.25, 0.3) is 0 Å². The van der Waals surface area contributed by atoms with Crippen molar-refractivity contribution in [3.05, 3.63) is 503 Å². The SMILES string of the molecule is [2H]c1c([2H])c([2H])c(-c2c3ccccc3c(-c3ccc(-c4c(-c5ccccc5)ccc5oc6ccccc6c45)cc3)c3ccccc23)c([2H])c1[2H].[2H]c1c([2H])c([2H])c(-c2c3ccccc3c(-c3ccc(-c4c(-c5cccnc5)ccc5oc6ccccc6c45)cc3)c3ccccc23)c([2H])c1[2H].[2H]c1c([2H])c([2H])c(-c2c3ccccc3c(-c3ccc(-c4cccc5oc6cccc(-c7ccccc7)c6c45)cc3)c3ccccc23)c([2H])c1[2H]. The Hall–Kier alpha value is -17.8. The molecular weight excluding hydrogens is 1640 g/mol. The van der Waals surface area contributed by atoms with Crippen LogP contribution in [-0.2, 0) is 0 Å². The van der Waals surface area contributed by atoms with Gasteiger partial charge in [0.2, 0.25) is 0 Å². The van der Waals surface area contributed by atoms with E-state index in [0.29, 0.717) is 16.7 Å². The molecular formula is C131H83NO3. The van der Waals surface area contributed by atoms with Crippen LogP contribution in [0.5, 0.6) is 0 Å². The maximum Gasteiger partial charge on any atom is 0.136 e. The van der Waals surface area contributed by atoms with E-state index < -0.39 is 18.1 Å². The summed E-state index contributed by atoms with van der Waals surface area (Å²) < 4.78 is 147. The molecule has 0 aliphatic rings. The van der Waals surface area contributed by atoms with Gasteiger partial charge in [-0.3, -0.25) is 4.98 Å². The van der Waals surface area contributed by atoms with Crippen molar-refractivity contribution in [2.24, 2.45) is 0 Å². The number of hydrogen-bond acceptors (Lipinski definition) is 4. The third kappa shape index (κ3) is 13.9. The van der Waals surface area contributed by atoms with Gasteiger partial charge >= 0.3 is 0 Å². The summed E-state index contributed by atoms with van der Waals surface area (Å²) in [6.07, 6.45) is 3.66. The summed E-state index contributed by atoms with van der Waals surface area (Å²) in [4.78, 5) is 4.41. The van der Waals surface area contributed by atoms with Crippen molar-refractivity contribution in [3.63, 3.8) is 0 Å². The number of para-hydroxylation sites is 2. The van der Waals surface area contributed by atoms with Crippen LogP contribution in [0.3, 0.4) is 0 Å². The predicted octanol–water partition coefficient (Wildman–Crippen LogP) is 37.1. The molecule has 0 amide bonds. The van der Waals surface area contributed by atoms with Gasteiger partial charge in [-0.1, -0.05) is 442 Å². The smallest absolute Gasteiger partial charge is 0.136 e. The summed E-state index contributed by atoms with van der Waals surface area (Å²) in [7, 11) is 0. The van der Waals surface area contributed by atoms with Gasteiger partial charge < -0.3 is 13.3 Å². The monoisotopic (exact) mass is 1730 g/mol. The Balaban J connectivity index is 0.000000116. The van der Waals surface area contributed by atoms with Crippen LogP contribution >= 0.6 is 0 Å². The highest BCUT2D eigenvalue weighted by Crippen LogP contribution is 2.52. The molecule has 0 atom stereocenters. The average molecular weight is 1730 g/mol. The van der Waals surface area contributed by atoms with Gasteiger partial charge in [-0.25, -0.2) is 0 Å². The van der Waals surface area contributed by atoms with E-state index in [-0.39, 0.29) is 89.2 Å². The first-order valence-electron chi connectivity index (χ1n) is 52.4. The van der Waals surface area contributed by atoms with Crippen molar-refractivity contribution in [1.82, 2.24) is 4.98 Å². The molecule has 27 rings (SSSR count). The Kier molecular flexibility index (Phi) is 16.3. The van der Waals surface area contributed by atoms with Crippen LogP contribution in [0.15, 0.2) is 517 Å². The van der Waals surface area contributed by atoms with Crippen molar-refractivity contribution >= 4 is 130 Å². The Labute approximate surface area is 801 Å². The molecule has 0 unspecified atom stereocenters. The van der Waals surface area contributed by atoms with E-state index in [1.54, 1.807) is 6.20 Å². The van der Waals surface area contributed by atoms with Gasteiger partial charge in [-0.15, -0.1) is 0 Å². The molecule has 23 aromatic carbocycles. The lowest BCUT2D eigenvalue weighted by Crippen LogP contribution is -1.91. The molecule has 630 valence electrons. The number of aromatic nitrogens is 1. The van der Waals surface area contributed by atoms with Crippen molar-refractivity contribution < 1.29 is 33.8 Å². The van der Waals surface area contributed by atoms with Crippen LogP contribution < -0.4 is 0 Å². The predicted molar refractivity (Wildman–Crippen MR) is 569 cm³/mol. The van der Waals surface area contributed by atoms with Crippen molar-refractivity contribution in [2.75, 3.05) is 0 Å². The van der Waals surface area contributed by atoms with Gasteiger partial charge in [0, 0.05) is 61.4 Å². The molecule has 4 aromatic heterocycles. The second-order valence-electron chi connectivity index (χ2n) is 33.6. The number of fused-ring (bicyclic) bond motifs is 15. The van der Waals surface area contributed by atoms with Crippen LogP contribution in [0.2, 0.25) is 0 Å². The fraction of sp³-hybridized carbons (Fsp3) is 0. The first-order chi connectivity index (χ1) is 73.3. The highest BCUT2D eigenvalue weighted by molar-refractivity contribution is 6.26. The lowest BCUT2D eigenvalue weighted by Gasteiger charge is -2.18. The van der Waals surface area contributed by atoms with E-state index >= 15 is 0 Å². The van der Waals surface area contributed by atoms with Crippen LogP contribution in [0, 0.1) is 0 Å². The Bertz CT molecular complexity index is 9610. The second kappa shape index (κ2) is 33.9. The minimum atomic E-state index is -0.403. The van der Waals surface area contributed by atoms with Gasteiger partial charge in [-0.05, 0) is 230 Å². The average Bonchev–Trinajstić information content (AvgIpc) is 1.29. The zero-order valence-electron chi connectivity index (χ0n) is 87.4. The minimum absolute atomic E-state index is 0.202. The highest BCUT2D eigenvalue weighted by Gasteiger charge is 2.26. The van der Waals surface area contributed by atoms with Crippen LogP contribution in [0.1, 0.15) is 20.6 Å². The summed E-state index contributed by atoms with van der Waals surface area (Å²) in [6.45, 7) is 0. The molecule has 0 fully saturated rings. The molecule has 0 N–H and O–H groups in total. The summed E-state index contributed by atoms with van der Waals surface area (Å²) in [5.74, 6) is 0. The van der Waals surface area contributed by atoms with E-state index in [1.165, 1.54) is 0 Å². The number of rotatable bonds is 12. The molecule has 0 aliphatic carbocycles. The molecule has 0 radical (unpaired) electrons. The molecule has 0 saturated carbocycles. The zero-order valence-corrected chi connectivity index (χ0v) is 72.4. The van der Waals surface area contributed by atoms with E-state index in [2.05, 4.69) is 187 Å². The van der Waals surface area contributed by atoms with Crippen LogP contribution in [0.25, 0.3) is 264 Å². The number of hydrogen-bond donors (Lipinski definition) is 0. The van der Waals surface area contributed by atoms with Crippen molar-refractivity contribution in [2.45, 2.75) is 0 Å². The van der Waals surface area contributed by atoms with E-state index in [9.17, 15) is 0 Å². The van der Waals surface area contributed by atoms with E-state index in [4.69, 9.17) is 33.8 Å². The van der Waals surface area contributed by atoms with Crippen molar-refractivity contribution in [1.29, 1.82) is 0 Å². The maximum atomic E-state index is 8.84. The van der Waals surface area contributed by atoms with Gasteiger partial charge in [-0.2, -0.15) is 0 Å². The summed E-state index contributed by atoms with van der Waals surface area (Å²) in [5.41, 5.74) is 26.7. The molecule has 27 aromatic rings. The molecule has 0 bridgehead atoms. The molecule has 135 heavy (non-hydrogen) atoms. The molecule has 4 heterocycles. The Morgan fingerprint density at radius 3 is 0.704 bits per heavy atom. The third-order valence-electron chi connectivity index (χ3n) is 26.2. The Morgan fingerprint density at radius 1 is 0.148 bits per heavy atom. The summed E-state index contributed by atoms with van der Waals surface area (Å²) >= 11 is 0. The number of furan rings is 3. The summed E-state index contributed by atoms with van der Waals surface area (Å²) in [5, 5.41) is 17.0. The second-order valence-corrected chi connectivity index (χ2v) is 33.6. The van der Waals surface area contributed by atoms with Crippen LogP contribution in [-0.4, -0.2) is 4.98 Å². The highest BCUT2D eigenvalue weighted by atomic mass is 16.3. The fourth-order valence-corrected chi connectivity index (χ4v) is 20.5. The number of pyridine rings is 1. The van der Waals surface area contributed by atoms with Gasteiger partial charge in [0.05, 0.1) is 20.6 Å². The Morgan fingerprint density at radius 2 is 0.385 bits per heavy atom.